The van der Waals surface area contributed by atoms with E-state index in [1.807, 2.05) is 0 Å². The zero-order chi connectivity index (χ0) is 25.3. The molecule has 14 heteroatoms. The van der Waals surface area contributed by atoms with Crippen LogP contribution in [0, 0.1) is 29.1 Å². The number of rotatable bonds is 5. The fourth-order valence-corrected chi connectivity index (χ4v) is 6.45. The molecule has 2 N–H and O–H groups in total. The molecule has 0 amide bonds. The summed E-state index contributed by atoms with van der Waals surface area (Å²) < 4.78 is 162. The van der Waals surface area contributed by atoms with E-state index in [2.05, 4.69) is 0 Å². The molecule has 2 aliphatic carbocycles. The molecule has 0 radical (unpaired) electrons. The maximum Gasteiger partial charge on any atom is 0.426 e. The van der Waals surface area contributed by atoms with Gasteiger partial charge in [-0.15, -0.1) is 0 Å². The second kappa shape index (κ2) is 7.54. The number of aliphatic hydroxyl groups is 2. The van der Waals surface area contributed by atoms with E-state index in [0.29, 0.717) is 0 Å². The molecule has 0 aliphatic heterocycles. The molecule has 2 saturated carbocycles. The Morgan fingerprint density at radius 1 is 0.719 bits per heavy atom. The molecule has 0 spiro atoms. The van der Waals surface area contributed by atoms with E-state index in [1.165, 1.54) is 13.8 Å². The molecule has 2 nitrogen and oxygen atoms in total. The van der Waals surface area contributed by atoms with Crippen molar-refractivity contribution in [1.29, 1.82) is 0 Å². The molecule has 0 heterocycles. The second-order valence-corrected chi connectivity index (χ2v) is 8.79. The SMILES string of the molecule is CCC1C2CC(CC(O)(C(F)(F)F)C(F)(F)F)C(C(O)(C(F)(F)F)C(F)(F)F)(C2)C1CC. The largest absolute Gasteiger partial charge is 0.426 e. The van der Waals surface area contributed by atoms with Crippen molar-refractivity contribution in [2.24, 2.45) is 29.1 Å². The average Bonchev–Trinajstić information content (AvgIpc) is 3.09. The van der Waals surface area contributed by atoms with Gasteiger partial charge in [0.15, 0.2) is 0 Å². The molecule has 5 unspecified atom stereocenters. The van der Waals surface area contributed by atoms with Crippen LogP contribution in [0.1, 0.15) is 46.0 Å². The predicted octanol–water partition coefficient (Wildman–Crippen LogP) is 6.17. The molecule has 0 saturated heterocycles. The van der Waals surface area contributed by atoms with Crippen LogP contribution in [0.3, 0.4) is 0 Å². The number of hydrogen-bond acceptors (Lipinski definition) is 2. The van der Waals surface area contributed by atoms with Crippen molar-refractivity contribution < 1.29 is 62.9 Å². The van der Waals surface area contributed by atoms with E-state index in [9.17, 15) is 62.9 Å². The van der Waals surface area contributed by atoms with Crippen molar-refractivity contribution in [3.8, 4) is 0 Å². The molecular formula is C18H22F12O2. The zero-order valence-corrected chi connectivity index (χ0v) is 16.8. The lowest BCUT2D eigenvalue weighted by Crippen LogP contribution is -2.71. The van der Waals surface area contributed by atoms with Gasteiger partial charge in [0, 0.05) is 5.41 Å². The van der Waals surface area contributed by atoms with E-state index in [1.54, 1.807) is 0 Å². The number of alkyl halides is 12. The van der Waals surface area contributed by atoms with Gasteiger partial charge in [0.2, 0.25) is 0 Å². The van der Waals surface area contributed by atoms with Crippen LogP contribution in [0.15, 0.2) is 0 Å². The summed E-state index contributed by atoms with van der Waals surface area (Å²) in [6, 6.07) is 0. The van der Waals surface area contributed by atoms with Crippen molar-refractivity contribution in [1.82, 2.24) is 0 Å². The number of halogens is 12. The van der Waals surface area contributed by atoms with Crippen LogP contribution in [-0.4, -0.2) is 46.1 Å². The lowest BCUT2D eigenvalue weighted by molar-refractivity contribution is -0.421. The summed E-state index contributed by atoms with van der Waals surface area (Å²) in [6.07, 6.45) is -30.5. The van der Waals surface area contributed by atoms with Crippen molar-refractivity contribution >= 4 is 0 Å². The third kappa shape index (κ3) is 3.40. The van der Waals surface area contributed by atoms with Crippen LogP contribution in [0.5, 0.6) is 0 Å². The first-order valence-corrected chi connectivity index (χ1v) is 9.78. The van der Waals surface area contributed by atoms with Gasteiger partial charge in [-0.1, -0.05) is 26.7 Å². The third-order valence-electron chi connectivity index (χ3n) is 7.58. The van der Waals surface area contributed by atoms with Crippen molar-refractivity contribution in [2.45, 2.75) is 81.9 Å². The first kappa shape index (κ1) is 27.3. The smallest absolute Gasteiger partial charge is 0.374 e. The molecule has 2 fully saturated rings. The van der Waals surface area contributed by atoms with Gasteiger partial charge in [-0.25, -0.2) is 0 Å². The number of fused-ring (bicyclic) bond motifs is 2. The summed E-state index contributed by atoms with van der Waals surface area (Å²) in [5.41, 5.74) is -14.5. The van der Waals surface area contributed by atoms with Gasteiger partial charge >= 0.3 is 24.7 Å². The zero-order valence-electron chi connectivity index (χ0n) is 16.8. The Balaban J connectivity index is 2.81. The summed E-state index contributed by atoms with van der Waals surface area (Å²) in [6.45, 7) is 2.60. The van der Waals surface area contributed by atoms with Gasteiger partial charge in [-0.3, -0.25) is 0 Å². The van der Waals surface area contributed by atoms with Crippen molar-refractivity contribution in [3.63, 3.8) is 0 Å². The summed E-state index contributed by atoms with van der Waals surface area (Å²) in [5.74, 6) is -6.17. The predicted molar refractivity (Wildman–Crippen MR) is 84.9 cm³/mol. The molecule has 5 atom stereocenters. The molecular weight excluding hydrogens is 476 g/mol. The minimum atomic E-state index is -6.44. The van der Waals surface area contributed by atoms with E-state index in [4.69, 9.17) is 0 Å². The van der Waals surface area contributed by atoms with Gasteiger partial charge < -0.3 is 10.2 Å². The minimum Gasteiger partial charge on any atom is -0.374 e. The van der Waals surface area contributed by atoms with E-state index in [-0.39, 0.29) is 6.42 Å². The van der Waals surface area contributed by atoms with Crippen LogP contribution in [-0.2, 0) is 0 Å². The Labute approximate surface area is 175 Å². The second-order valence-electron chi connectivity index (χ2n) is 8.79. The van der Waals surface area contributed by atoms with Gasteiger partial charge in [0.25, 0.3) is 11.2 Å². The molecule has 190 valence electrons. The Morgan fingerprint density at radius 3 is 1.47 bits per heavy atom. The average molecular weight is 498 g/mol. The summed E-state index contributed by atoms with van der Waals surface area (Å²) >= 11 is 0. The molecule has 2 bridgehead atoms. The standard InChI is InChI=1S/C18H22F12O2/c1-3-10-8-5-9(7-13(31,15(19,20)21)16(22,23)24)12(6-8,11(10)4-2)14(32,17(25,26)27)18(28,29)30/h8-11,31-32H,3-7H2,1-2H3. The molecule has 0 aromatic rings. The van der Waals surface area contributed by atoms with Crippen LogP contribution < -0.4 is 0 Å². The highest BCUT2D eigenvalue weighted by atomic mass is 19.4. The molecule has 0 aromatic heterocycles. The first-order chi connectivity index (χ1) is 14.1. The van der Waals surface area contributed by atoms with Crippen LogP contribution in [0.2, 0.25) is 0 Å². The van der Waals surface area contributed by atoms with E-state index < -0.39 is 90.7 Å². The lowest BCUT2D eigenvalue weighted by atomic mass is 9.53. The van der Waals surface area contributed by atoms with E-state index in [0.717, 1.165) is 0 Å². The Hall–Kier alpha value is -0.920. The monoisotopic (exact) mass is 498 g/mol. The summed E-state index contributed by atoms with van der Waals surface area (Å²) in [4.78, 5) is 0. The van der Waals surface area contributed by atoms with E-state index >= 15 is 0 Å². The maximum atomic E-state index is 13.8. The van der Waals surface area contributed by atoms with Gasteiger partial charge in [0.1, 0.15) is 0 Å². The highest BCUT2D eigenvalue weighted by Gasteiger charge is 2.86. The Bertz CT molecular complexity index is 664. The summed E-state index contributed by atoms with van der Waals surface area (Å²) in [5, 5.41) is 19.8. The maximum absolute atomic E-state index is 13.8. The lowest BCUT2D eigenvalue weighted by Gasteiger charge is -2.55. The molecule has 2 aliphatic rings. The quantitative estimate of drug-likeness (QED) is 0.446. The van der Waals surface area contributed by atoms with Gasteiger partial charge in [0.05, 0.1) is 0 Å². The third-order valence-corrected chi connectivity index (χ3v) is 7.58. The molecule has 2 rings (SSSR count). The molecule has 0 aromatic carbocycles. The first-order valence-electron chi connectivity index (χ1n) is 9.78. The van der Waals surface area contributed by atoms with Crippen LogP contribution in [0.4, 0.5) is 52.7 Å². The Kier molecular flexibility index (Phi) is 6.44. The Morgan fingerprint density at radius 2 is 1.16 bits per heavy atom. The van der Waals surface area contributed by atoms with Crippen LogP contribution in [0.25, 0.3) is 0 Å². The topological polar surface area (TPSA) is 40.5 Å². The normalized spacial score (nSPS) is 32.6. The molecule has 32 heavy (non-hydrogen) atoms. The number of hydrogen-bond donors (Lipinski definition) is 2. The van der Waals surface area contributed by atoms with Crippen molar-refractivity contribution in [2.75, 3.05) is 0 Å². The fraction of sp³-hybridized carbons (Fsp3) is 1.00. The highest BCUT2D eigenvalue weighted by Crippen LogP contribution is 2.75. The van der Waals surface area contributed by atoms with Crippen molar-refractivity contribution in [3.05, 3.63) is 0 Å². The highest BCUT2D eigenvalue weighted by molar-refractivity contribution is 5.22. The summed E-state index contributed by atoms with van der Waals surface area (Å²) in [7, 11) is 0. The van der Waals surface area contributed by atoms with Gasteiger partial charge in [-0.2, -0.15) is 52.7 Å². The van der Waals surface area contributed by atoms with Gasteiger partial charge in [-0.05, 0) is 42.9 Å². The van der Waals surface area contributed by atoms with Crippen LogP contribution >= 0.6 is 0 Å². The minimum absolute atomic E-state index is 0.0201. The fourth-order valence-electron chi connectivity index (χ4n) is 6.45.